The summed E-state index contributed by atoms with van der Waals surface area (Å²) in [5, 5.41) is 0. The van der Waals surface area contributed by atoms with Gasteiger partial charge in [0.2, 0.25) is 0 Å². The molecule has 8 heteroatoms. The van der Waals surface area contributed by atoms with Crippen LogP contribution in [0.3, 0.4) is 0 Å². The van der Waals surface area contributed by atoms with Gasteiger partial charge in [-0.05, 0) is 0 Å². The zero-order valence-corrected chi connectivity index (χ0v) is 8.35. The summed E-state index contributed by atoms with van der Waals surface area (Å²) < 4.78 is 59.2. The average molecular weight is 271 g/mol. The second kappa shape index (κ2) is 1.46. The van der Waals surface area contributed by atoms with Crippen LogP contribution in [-0.4, -0.2) is 24.4 Å². The molecule has 0 radical (unpaired) electrons. The zero-order chi connectivity index (χ0) is 6.41. The Labute approximate surface area is 59.4 Å². The molecule has 0 aromatic heterocycles. The summed E-state index contributed by atoms with van der Waals surface area (Å²) in [6, 6.07) is 0. The molecule has 0 N–H and O–H groups in total. The summed E-state index contributed by atoms with van der Waals surface area (Å²) in [6.07, 6.45) is 0. The van der Waals surface area contributed by atoms with Gasteiger partial charge in [0.1, 0.15) is 0 Å². The molecule has 0 saturated heterocycles. The molecule has 0 fully saturated rings. The fourth-order valence-corrected chi connectivity index (χ4v) is 0. The molecule has 0 amide bonds. The Hall–Kier alpha value is 0.828. The normalized spacial score (nSPS) is 20.2. The van der Waals surface area contributed by atoms with Crippen LogP contribution in [0.5, 0.6) is 0 Å². The standard InChI is InChI=1S/F6P.Sb.3H/c1-7(2,3,4,5)6;;;;/q-1;;;;/p+1. The van der Waals surface area contributed by atoms with Crippen LogP contribution in [0.25, 0.3) is 0 Å². The molecule has 0 aliphatic carbocycles. The molecule has 0 spiro atoms. The van der Waals surface area contributed by atoms with Gasteiger partial charge in [-0.2, -0.15) is 0 Å². The Morgan fingerprint density at radius 3 is 0.750 bits per heavy atom. The molecular weight excluding hydrogens is 267 g/mol. The molecule has 0 bridgehead atoms. The van der Waals surface area contributed by atoms with Crippen LogP contribution in [0.1, 0.15) is 1.43 Å². The van der Waals surface area contributed by atoms with Crippen molar-refractivity contribution >= 4 is 32.2 Å². The van der Waals surface area contributed by atoms with Crippen LogP contribution in [0, 0.1) is 0 Å². The van der Waals surface area contributed by atoms with Gasteiger partial charge in [-0.25, -0.2) is 0 Å². The third-order valence-electron chi connectivity index (χ3n) is 0. The van der Waals surface area contributed by atoms with Crippen molar-refractivity contribution in [1.29, 1.82) is 0 Å². The predicted octanol–water partition coefficient (Wildman–Crippen LogP) is 2.31. The average Bonchev–Trinajstić information content (AvgIpc) is 0.592. The van der Waals surface area contributed by atoms with Gasteiger partial charge in [0.25, 0.3) is 0 Å². The van der Waals surface area contributed by atoms with Gasteiger partial charge in [-0.3, -0.25) is 0 Å². The second-order valence-electron chi connectivity index (χ2n) is 0.958. The first-order valence-corrected chi connectivity index (χ1v) is 3.04. The Morgan fingerprint density at radius 2 is 0.750 bits per heavy atom. The van der Waals surface area contributed by atoms with Crippen molar-refractivity contribution in [3.8, 4) is 0 Å². The first-order valence-electron chi connectivity index (χ1n) is 1.01. The molecule has 0 aromatic rings. The summed E-state index contributed by atoms with van der Waals surface area (Å²) in [4.78, 5) is 0. The third kappa shape index (κ3) is 338. The fraction of sp³-hybridized carbons (Fsp3) is 0. The van der Waals surface area contributed by atoms with Crippen molar-refractivity contribution in [1.82, 2.24) is 0 Å². The Kier molecular flexibility index (Phi) is 2.11. The van der Waals surface area contributed by atoms with Gasteiger partial charge >= 0.3 is 58.8 Å². The summed E-state index contributed by atoms with van der Waals surface area (Å²) in [6.45, 7) is 0. The van der Waals surface area contributed by atoms with Crippen LogP contribution in [0.15, 0.2) is 0 Å². The van der Waals surface area contributed by atoms with Crippen molar-refractivity contribution in [2.24, 2.45) is 0 Å². The summed E-state index contributed by atoms with van der Waals surface area (Å²) in [7, 11) is -10.7. The maximum absolute atomic E-state index is 10.7. The van der Waals surface area contributed by atoms with E-state index in [0.717, 1.165) is 0 Å². The van der Waals surface area contributed by atoms with E-state index in [9.17, 15) is 25.2 Å². The zero-order valence-electron chi connectivity index (χ0n) is 4.42. The van der Waals surface area contributed by atoms with Gasteiger partial charge < -0.3 is 0 Å². The van der Waals surface area contributed by atoms with E-state index in [2.05, 4.69) is 0 Å². The second-order valence-corrected chi connectivity index (χ2v) is 2.87. The molecule has 56 valence electrons. The molecule has 0 saturated carbocycles. The first-order chi connectivity index (χ1) is 2.45. The topological polar surface area (TPSA) is 0 Å². The van der Waals surface area contributed by atoms with E-state index in [-0.39, 0.29) is 25.9 Å². The quantitative estimate of drug-likeness (QED) is 0.360. The summed E-state index contributed by atoms with van der Waals surface area (Å²) in [5.74, 6) is 0. The van der Waals surface area contributed by atoms with Crippen LogP contribution >= 0.6 is 7.81 Å². The van der Waals surface area contributed by atoms with Crippen molar-refractivity contribution in [3.05, 3.63) is 0 Å². The van der Waals surface area contributed by atoms with Crippen LogP contribution < -0.4 is 0 Å². The number of halogens is 6. The molecule has 0 rings (SSSR count). The Morgan fingerprint density at radius 1 is 0.750 bits per heavy atom. The van der Waals surface area contributed by atoms with Crippen molar-refractivity contribution in [2.45, 2.75) is 0 Å². The Balaban J connectivity index is -0.000000180. The minimum atomic E-state index is -10.7. The first kappa shape index (κ1) is 11.6. The molecule has 0 nitrogen and oxygen atoms in total. The van der Waals surface area contributed by atoms with Gasteiger partial charge in [-0.15, -0.1) is 0 Å². The summed E-state index contributed by atoms with van der Waals surface area (Å²) >= 11 is 0. The van der Waals surface area contributed by atoms with E-state index in [1.54, 1.807) is 0 Å². The molecular formula is H4F6PSb. The van der Waals surface area contributed by atoms with E-state index in [1.807, 2.05) is 0 Å². The molecule has 0 aromatic carbocycles. The van der Waals surface area contributed by atoms with E-state index >= 15 is 0 Å². The number of hydrogen-bond acceptors (Lipinski definition) is 0. The van der Waals surface area contributed by atoms with E-state index in [1.165, 1.54) is 0 Å². The third-order valence-corrected chi connectivity index (χ3v) is 0. The van der Waals surface area contributed by atoms with Crippen molar-refractivity contribution in [3.63, 3.8) is 0 Å². The van der Waals surface area contributed by atoms with Gasteiger partial charge in [0, 0.05) is 0 Å². The fourth-order valence-electron chi connectivity index (χ4n) is 0. The van der Waals surface area contributed by atoms with Crippen molar-refractivity contribution in [2.75, 3.05) is 0 Å². The monoisotopic (exact) mass is 270 g/mol. The molecule has 0 heterocycles. The molecule has 0 atom stereocenters. The van der Waals surface area contributed by atoms with Crippen molar-refractivity contribution < 1.29 is 26.6 Å². The van der Waals surface area contributed by atoms with Gasteiger partial charge in [0.15, 0.2) is 0 Å². The molecule has 0 aliphatic rings. The van der Waals surface area contributed by atoms with Crippen LogP contribution in [0.4, 0.5) is 25.2 Å². The van der Waals surface area contributed by atoms with E-state index in [0.29, 0.717) is 0 Å². The number of rotatable bonds is 0. The number of hydrogen-bond donors (Lipinski definition) is 0. The van der Waals surface area contributed by atoms with Gasteiger partial charge in [-0.1, -0.05) is 0 Å². The predicted molar refractivity (Wildman–Crippen MR) is 24.6 cm³/mol. The SMILES string of the molecule is F[P-](F)(F)(F)(F)F.[H+].[SbH3]. The van der Waals surface area contributed by atoms with Gasteiger partial charge in [0.05, 0.1) is 0 Å². The van der Waals surface area contributed by atoms with E-state index < -0.39 is 7.81 Å². The maximum atomic E-state index is 9.87. The van der Waals surface area contributed by atoms with Crippen LogP contribution in [-0.2, 0) is 0 Å². The summed E-state index contributed by atoms with van der Waals surface area (Å²) in [5.41, 5.74) is 0. The molecule has 0 aliphatic heterocycles. The Bertz CT molecular complexity index is 71.6. The van der Waals surface area contributed by atoms with E-state index in [4.69, 9.17) is 0 Å². The van der Waals surface area contributed by atoms with Crippen LogP contribution in [0.2, 0.25) is 0 Å². The molecule has 0 unspecified atom stereocenters. The molecule has 8 heavy (non-hydrogen) atoms. The minimum absolute atomic E-state index is 0.